The van der Waals surface area contributed by atoms with E-state index in [2.05, 4.69) is 6.07 Å². The molecule has 1 aromatic carbocycles. The van der Waals surface area contributed by atoms with Gasteiger partial charge in [0.15, 0.2) is 5.96 Å². The number of nitrogens with two attached hydrogens (primary N) is 1. The van der Waals surface area contributed by atoms with Crippen molar-refractivity contribution in [3.8, 4) is 16.2 Å². The minimum Gasteiger partial charge on any atom is -0.508 e. The van der Waals surface area contributed by atoms with Gasteiger partial charge in [0.1, 0.15) is 11.3 Å². The fourth-order valence-electron chi connectivity index (χ4n) is 3.32. The van der Waals surface area contributed by atoms with Crippen LogP contribution in [0.25, 0.3) is 10.4 Å². The molecule has 1 aliphatic carbocycles. The van der Waals surface area contributed by atoms with E-state index in [-0.39, 0.29) is 11.7 Å². The summed E-state index contributed by atoms with van der Waals surface area (Å²) in [4.78, 5) is 20.7. The summed E-state index contributed by atoms with van der Waals surface area (Å²) in [5.74, 6) is 0.938. The number of carbonyl (C=O) groups excluding carboxylic acids is 1. The van der Waals surface area contributed by atoms with Crippen LogP contribution in [0, 0.1) is 5.92 Å². The maximum Gasteiger partial charge on any atom is 0.231 e. The van der Waals surface area contributed by atoms with Crippen molar-refractivity contribution < 1.29 is 9.90 Å². The second-order valence-electron chi connectivity index (χ2n) is 6.51. The van der Waals surface area contributed by atoms with Gasteiger partial charge in [0.05, 0.1) is 6.42 Å². The van der Waals surface area contributed by atoms with Gasteiger partial charge in [-0.05, 0) is 48.6 Å². The highest BCUT2D eigenvalue weighted by molar-refractivity contribution is 7.15. The SMILES string of the molecule is CN1C(=O)CC(c2ccc(-c3cccc(O)c3)s2)(C2CC2)N=C1N. The van der Waals surface area contributed by atoms with Crippen molar-refractivity contribution in [1.82, 2.24) is 4.90 Å². The van der Waals surface area contributed by atoms with E-state index in [1.54, 1.807) is 30.5 Å². The molecule has 1 amide bonds. The van der Waals surface area contributed by atoms with Crippen LogP contribution in [-0.2, 0) is 10.3 Å². The number of hydrogen-bond acceptors (Lipinski definition) is 5. The van der Waals surface area contributed by atoms with Gasteiger partial charge in [-0.3, -0.25) is 9.69 Å². The predicted molar refractivity (Wildman–Crippen MR) is 94.8 cm³/mol. The lowest BCUT2D eigenvalue weighted by atomic mass is 9.86. The van der Waals surface area contributed by atoms with E-state index >= 15 is 0 Å². The zero-order valence-electron chi connectivity index (χ0n) is 13.4. The first-order chi connectivity index (χ1) is 11.5. The quantitative estimate of drug-likeness (QED) is 0.901. The molecule has 24 heavy (non-hydrogen) atoms. The fourth-order valence-corrected chi connectivity index (χ4v) is 4.54. The van der Waals surface area contributed by atoms with Crippen LogP contribution in [0.5, 0.6) is 5.75 Å². The molecule has 0 saturated heterocycles. The zero-order valence-corrected chi connectivity index (χ0v) is 14.2. The number of aromatic hydroxyl groups is 1. The number of guanidine groups is 1. The summed E-state index contributed by atoms with van der Waals surface area (Å²) in [7, 11) is 1.67. The lowest BCUT2D eigenvalue weighted by molar-refractivity contribution is -0.128. The second-order valence-corrected chi connectivity index (χ2v) is 7.60. The Hall–Kier alpha value is -2.34. The molecule has 1 aliphatic heterocycles. The Labute approximate surface area is 144 Å². The molecule has 6 heteroatoms. The average molecular weight is 341 g/mol. The molecule has 5 nitrogen and oxygen atoms in total. The topological polar surface area (TPSA) is 78.9 Å². The molecule has 2 heterocycles. The van der Waals surface area contributed by atoms with Gasteiger partial charge in [-0.15, -0.1) is 11.3 Å². The van der Waals surface area contributed by atoms with Crippen LogP contribution in [0.2, 0.25) is 0 Å². The molecule has 1 atom stereocenters. The monoisotopic (exact) mass is 341 g/mol. The minimum atomic E-state index is -0.520. The summed E-state index contributed by atoms with van der Waals surface area (Å²) in [6, 6.07) is 11.3. The van der Waals surface area contributed by atoms with Crippen molar-refractivity contribution in [1.29, 1.82) is 0 Å². The van der Waals surface area contributed by atoms with E-state index in [0.29, 0.717) is 18.3 Å². The molecule has 0 spiro atoms. The molecular weight excluding hydrogens is 322 g/mol. The van der Waals surface area contributed by atoms with Gasteiger partial charge in [0.25, 0.3) is 0 Å². The molecule has 0 bridgehead atoms. The van der Waals surface area contributed by atoms with E-state index in [9.17, 15) is 9.90 Å². The third-order valence-electron chi connectivity index (χ3n) is 4.87. The fraction of sp³-hybridized carbons (Fsp3) is 0.333. The second kappa shape index (κ2) is 5.34. The first kappa shape index (κ1) is 15.2. The molecular formula is C18H19N3O2S. The van der Waals surface area contributed by atoms with Crippen molar-refractivity contribution >= 4 is 23.2 Å². The van der Waals surface area contributed by atoms with E-state index < -0.39 is 5.54 Å². The molecule has 1 fully saturated rings. The van der Waals surface area contributed by atoms with E-state index in [1.807, 2.05) is 18.2 Å². The third-order valence-corrected chi connectivity index (χ3v) is 6.17. The molecule has 0 radical (unpaired) electrons. The van der Waals surface area contributed by atoms with Crippen molar-refractivity contribution in [2.45, 2.75) is 24.8 Å². The van der Waals surface area contributed by atoms with E-state index in [0.717, 1.165) is 28.2 Å². The Morgan fingerprint density at radius 1 is 1.33 bits per heavy atom. The first-order valence-corrected chi connectivity index (χ1v) is 8.83. The molecule has 2 aliphatic rings. The molecule has 124 valence electrons. The number of rotatable bonds is 3. The number of phenolic OH excluding ortho intramolecular Hbond substituents is 1. The Bertz CT molecular complexity index is 840. The highest BCUT2D eigenvalue weighted by Crippen LogP contribution is 2.54. The summed E-state index contributed by atoms with van der Waals surface area (Å²) in [5, 5.41) is 9.69. The van der Waals surface area contributed by atoms with Gasteiger partial charge in [-0.2, -0.15) is 0 Å². The number of benzene rings is 1. The number of aliphatic imine (C=N–C) groups is 1. The van der Waals surface area contributed by atoms with Crippen LogP contribution in [0.4, 0.5) is 0 Å². The van der Waals surface area contributed by atoms with Gasteiger partial charge in [-0.25, -0.2) is 4.99 Å². The highest BCUT2D eigenvalue weighted by Gasteiger charge is 2.51. The van der Waals surface area contributed by atoms with E-state index in [1.165, 1.54) is 4.90 Å². The molecule has 1 aromatic heterocycles. The summed E-state index contributed by atoms with van der Waals surface area (Å²) in [6.45, 7) is 0. The van der Waals surface area contributed by atoms with Crippen molar-refractivity contribution in [2.24, 2.45) is 16.6 Å². The van der Waals surface area contributed by atoms with Gasteiger partial charge >= 0.3 is 0 Å². The average Bonchev–Trinajstić information content (AvgIpc) is 3.29. The standard InChI is InChI=1S/C18H19N3O2S/c1-21-16(23)10-18(12-5-6-12,20-17(21)19)15-8-7-14(24-15)11-3-2-4-13(22)9-11/h2-4,7-9,12,22H,5-6,10H2,1H3,(H2,19,20). The summed E-state index contributed by atoms with van der Waals surface area (Å²) < 4.78 is 0. The van der Waals surface area contributed by atoms with Crippen LogP contribution in [0.1, 0.15) is 24.1 Å². The lowest BCUT2D eigenvalue weighted by Crippen LogP contribution is -2.49. The lowest BCUT2D eigenvalue weighted by Gasteiger charge is -2.35. The van der Waals surface area contributed by atoms with Crippen LogP contribution in [0.15, 0.2) is 41.4 Å². The smallest absolute Gasteiger partial charge is 0.231 e. The van der Waals surface area contributed by atoms with Crippen molar-refractivity contribution in [3.05, 3.63) is 41.3 Å². The highest BCUT2D eigenvalue weighted by atomic mass is 32.1. The van der Waals surface area contributed by atoms with Crippen LogP contribution in [0.3, 0.4) is 0 Å². The maximum absolute atomic E-state index is 12.4. The minimum absolute atomic E-state index is 0.0155. The molecule has 4 rings (SSSR count). The Balaban J connectivity index is 1.78. The number of carbonyl (C=O) groups is 1. The normalized spacial score (nSPS) is 24.1. The molecule has 2 aromatic rings. The molecule has 1 saturated carbocycles. The number of amides is 1. The van der Waals surface area contributed by atoms with E-state index in [4.69, 9.17) is 10.7 Å². The summed E-state index contributed by atoms with van der Waals surface area (Å²) in [6.07, 6.45) is 2.52. The molecule has 1 unspecified atom stereocenters. The number of hydrogen-bond donors (Lipinski definition) is 2. The summed E-state index contributed by atoms with van der Waals surface area (Å²) >= 11 is 1.63. The van der Waals surface area contributed by atoms with Crippen LogP contribution >= 0.6 is 11.3 Å². The maximum atomic E-state index is 12.4. The van der Waals surface area contributed by atoms with Gasteiger partial charge < -0.3 is 10.8 Å². The number of phenols is 1. The first-order valence-electron chi connectivity index (χ1n) is 8.01. The predicted octanol–water partition coefficient (Wildman–Crippen LogP) is 2.90. The van der Waals surface area contributed by atoms with Crippen molar-refractivity contribution in [3.63, 3.8) is 0 Å². The Kier molecular flexibility index (Phi) is 3.38. The largest absolute Gasteiger partial charge is 0.508 e. The van der Waals surface area contributed by atoms with Crippen molar-refractivity contribution in [2.75, 3.05) is 7.05 Å². The number of nitrogens with zero attached hydrogens (tertiary/aromatic N) is 2. The van der Waals surface area contributed by atoms with Crippen LogP contribution in [-0.4, -0.2) is 28.9 Å². The molecule has 3 N–H and O–H groups in total. The van der Waals surface area contributed by atoms with Crippen LogP contribution < -0.4 is 5.73 Å². The zero-order chi connectivity index (χ0) is 16.9. The van der Waals surface area contributed by atoms with Gasteiger partial charge in [0.2, 0.25) is 5.91 Å². The Morgan fingerprint density at radius 3 is 2.79 bits per heavy atom. The third kappa shape index (κ3) is 2.38. The van der Waals surface area contributed by atoms with Gasteiger partial charge in [-0.1, -0.05) is 12.1 Å². The number of thiophene rings is 1. The summed E-state index contributed by atoms with van der Waals surface area (Å²) in [5.41, 5.74) is 6.46. The Morgan fingerprint density at radius 2 is 2.12 bits per heavy atom. The van der Waals surface area contributed by atoms with Gasteiger partial charge in [0, 0.05) is 16.8 Å².